The molecule has 1 aromatic heterocycles. The number of aromatic nitrogens is 1. The molecule has 0 N–H and O–H groups in total. The fourth-order valence-electron chi connectivity index (χ4n) is 2.04. The van der Waals surface area contributed by atoms with Gasteiger partial charge in [0.15, 0.2) is 0 Å². The summed E-state index contributed by atoms with van der Waals surface area (Å²) in [6, 6.07) is 5.67. The molecular weight excluding hydrogens is 244 g/mol. The number of hydrogen-bond acceptors (Lipinski definition) is 5. The Morgan fingerprint density at radius 1 is 1.47 bits per heavy atom. The van der Waals surface area contributed by atoms with Crippen LogP contribution in [-0.4, -0.2) is 48.8 Å². The molecule has 1 amide bonds. The van der Waals surface area contributed by atoms with Gasteiger partial charge in [-0.1, -0.05) is 0 Å². The van der Waals surface area contributed by atoms with E-state index >= 15 is 0 Å². The maximum Gasteiger partial charge on any atom is 0.409 e. The van der Waals surface area contributed by atoms with Gasteiger partial charge in [-0.2, -0.15) is 5.26 Å². The predicted octanol–water partition coefficient (Wildman–Crippen LogP) is 1.23. The molecule has 0 spiro atoms. The highest BCUT2D eigenvalue weighted by Gasteiger charge is 2.22. The molecule has 19 heavy (non-hydrogen) atoms. The number of carbonyl (C=O) groups is 1. The van der Waals surface area contributed by atoms with E-state index < -0.39 is 0 Å². The highest BCUT2D eigenvalue weighted by atomic mass is 16.6. The molecule has 0 saturated carbocycles. The van der Waals surface area contributed by atoms with Crippen LogP contribution in [0.15, 0.2) is 18.3 Å². The molecule has 0 unspecified atom stereocenters. The maximum absolute atomic E-state index is 11.6. The van der Waals surface area contributed by atoms with Crippen LogP contribution in [0, 0.1) is 11.3 Å². The topological polar surface area (TPSA) is 69.5 Å². The fraction of sp³-hybridized carbons (Fsp3) is 0.462. The summed E-state index contributed by atoms with van der Waals surface area (Å²) in [4.78, 5) is 19.4. The Kier molecular flexibility index (Phi) is 4.18. The first-order chi connectivity index (χ1) is 9.24. The summed E-state index contributed by atoms with van der Waals surface area (Å²) >= 11 is 0. The summed E-state index contributed by atoms with van der Waals surface area (Å²) < 4.78 is 4.97. The van der Waals surface area contributed by atoms with Crippen molar-refractivity contribution in [3.63, 3.8) is 0 Å². The van der Waals surface area contributed by atoms with Crippen LogP contribution in [0.4, 0.5) is 10.5 Å². The molecule has 100 valence electrons. The summed E-state index contributed by atoms with van der Waals surface area (Å²) in [7, 11) is 0. The third kappa shape index (κ3) is 3.13. The lowest BCUT2D eigenvalue weighted by molar-refractivity contribution is 0.105. The first-order valence-corrected chi connectivity index (χ1v) is 6.27. The molecular formula is C13H16N4O2. The lowest BCUT2D eigenvalue weighted by Crippen LogP contribution is -2.49. The average Bonchev–Trinajstić information content (AvgIpc) is 2.48. The molecule has 1 aliphatic heterocycles. The number of hydrogen-bond donors (Lipinski definition) is 0. The number of pyridine rings is 1. The molecule has 2 rings (SSSR count). The number of rotatable bonds is 2. The van der Waals surface area contributed by atoms with Crippen molar-refractivity contribution < 1.29 is 9.53 Å². The quantitative estimate of drug-likeness (QED) is 0.800. The van der Waals surface area contributed by atoms with Crippen molar-refractivity contribution in [2.45, 2.75) is 6.92 Å². The molecule has 0 radical (unpaired) electrons. The van der Waals surface area contributed by atoms with E-state index in [-0.39, 0.29) is 6.09 Å². The monoisotopic (exact) mass is 260 g/mol. The molecule has 1 aromatic rings. The van der Waals surface area contributed by atoms with Crippen molar-refractivity contribution in [3.05, 3.63) is 24.0 Å². The lowest BCUT2D eigenvalue weighted by Gasteiger charge is -2.35. The summed E-state index contributed by atoms with van der Waals surface area (Å²) in [5, 5.41) is 8.83. The smallest absolute Gasteiger partial charge is 0.409 e. The Balaban J connectivity index is 1.96. The molecule has 6 heteroatoms. The molecule has 2 heterocycles. The first kappa shape index (κ1) is 13.1. The van der Waals surface area contributed by atoms with E-state index in [1.807, 2.05) is 12.1 Å². The van der Waals surface area contributed by atoms with Gasteiger partial charge in [0.2, 0.25) is 0 Å². The van der Waals surface area contributed by atoms with Crippen molar-refractivity contribution >= 4 is 11.8 Å². The molecule has 0 aromatic carbocycles. The second kappa shape index (κ2) is 6.05. The van der Waals surface area contributed by atoms with E-state index in [2.05, 4.69) is 9.88 Å². The van der Waals surface area contributed by atoms with Crippen LogP contribution >= 0.6 is 0 Å². The predicted molar refractivity (Wildman–Crippen MR) is 69.8 cm³/mol. The van der Waals surface area contributed by atoms with E-state index in [0.717, 1.165) is 18.8 Å². The molecule has 0 bridgehead atoms. The standard InChI is InChI=1S/C13H16N4O2/c1-2-19-13(18)17-7-5-16(6-8-17)12-3-4-15-11(9-12)10-14/h3-4,9H,2,5-8H2,1H3. The normalized spacial score (nSPS) is 14.9. The Morgan fingerprint density at radius 3 is 2.84 bits per heavy atom. The number of carbonyl (C=O) groups excluding carboxylic acids is 1. The Labute approximate surface area is 112 Å². The highest BCUT2D eigenvalue weighted by Crippen LogP contribution is 2.16. The second-order valence-corrected chi connectivity index (χ2v) is 4.18. The number of nitrogens with zero attached hydrogens (tertiary/aromatic N) is 4. The lowest BCUT2D eigenvalue weighted by atomic mass is 10.2. The molecule has 0 aliphatic carbocycles. The van der Waals surface area contributed by atoms with Crippen LogP contribution < -0.4 is 4.90 Å². The summed E-state index contributed by atoms with van der Waals surface area (Å²) in [6.45, 7) is 4.91. The van der Waals surface area contributed by atoms with E-state index in [4.69, 9.17) is 10.00 Å². The van der Waals surface area contributed by atoms with Gasteiger partial charge in [0.25, 0.3) is 0 Å². The molecule has 1 saturated heterocycles. The van der Waals surface area contributed by atoms with Gasteiger partial charge in [0.05, 0.1) is 6.61 Å². The maximum atomic E-state index is 11.6. The average molecular weight is 260 g/mol. The van der Waals surface area contributed by atoms with Crippen molar-refractivity contribution in [3.8, 4) is 6.07 Å². The van der Waals surface area contributed by atoms with Gasteiger partial charge in [-0.25, -0.2) is 9.78 Å². The Morgan fingerprint density at radius 2 is 2.21 bits per heavy atom. The summed E-state index contributed by atoms with van der Waals surface area (Å²) in [5.41, 5.74) is 1.38. The third-order valence-corrected chi connectivity index (χ3v) is 3.03. The third-order valence-electron chi connectivity index (χ3n) is 3.03. The minimum Gasteiger partial charge on any atom is -0.450 e. The van der Waals surface area contributed by atoms with Crippen LogP contribution in [-0.2, 0) is 4.74 Å². The zero-order valence-electron chi connectivity index (χ0n) is 10.9. The van der Waals surface area contributed by atoms with Gasteiger partial charge in [-0.3, -0.25) is 0 Å². The molecule has 1 aliphatic rings. The second-order valence-electron chi connectivity index (χ2n) is 4.18. The molecule has 6 nitrogen and oxygen atoms in total. The summed E-state index contributed by atoms with van der Waals surface area (Å²) in [5.74, 6) is 0. The van der Waals surface area contributed by atoms with Crippen LogP contribution in [0.5, 0.6) is 0 Å². The zero-order chi connectivity index (χ0) is 13.7. The van der Waals surface area contributed by atoms with Crippen LogP contribution in [0.2, 0.25) is 0 Å². The Bertz CT molecular complexity index is 490. The molecule has 1 fully saturated rings. The number of amides is 1. The van der Waals surface area contributed by atoms with E-state index in [9.17, 15) is 4.79 Å². The number of ether oxygens (including phenoxy) is 1. The largest absolute Gasteiger partial charge is 0.450 e. The van der Waals surface area contributed by atoms with Crippen LogP contribution in [0.3, 0.4) is 0 Å². The van der Waals surface area contributed by atoms with Crippen molar-refractivity contribution in [2.24, 2.45) is 0 Å². The number of piperazine rings is 1. The first-order valence-electron chi connectivity index (χ1n) is 6.27. The van der Waals surface area contributed by atoms with E-state index in [1.54, 1.807) is 24.1 Å². The van der Waals surface area contributed by atoms with Crippen molar-refractivity contribution in [2.75, 3.05) is 37.7 Å². The number of nitriles is 1. The van der Waals surface area contributed by atoms with Crippen LogP contribution in [0.1, 0.15) is 12.6 Å². The minimum atomic E-state index is -0.255. The van der Waals surface area contributed by atoms with E-state index in [1.165, 1.54) is 0 Å². The van der Waals surface area contributed by atoms with Crippen molar-refractivity contribution in [1.29, 1.82) is 5.26 Å². The highest BCUT2D eigenvalue weighted by molar-refractivity contribution is 5.68. The van der Waals surface area contributed by atoms with Crippen LogP contribution in [0.25, 0.3) is 0 Å². The van der Waals surface area contributed by atoms with Gasteiger partial charge in [-0.15, -0.1) is 0 Å². The van der Waals surface area contributed by atoms with Gasteiger partial charge in [0.1, 0.15) is 11.8 Å². The van der Waals surface area contributed by atoms with E-state index in [0.29, 0.717) is 25.4 Å². The zero-order valence-corrected chi connectivity index (χ0v) is 10.9. The molecule has 0 atom stereocenters. The van der Waals surface area contributed by atoms with Gasteiger partial charge in [-0.05, 0) is 19.1 Å². The van der Waals surface area contributed by atoms with Gasteiger partial charge >= 0.3 is 6.09 Å². The van der Waals surface area contributed by atoms with Gasteiger partial charge in [0, 0.05) is 38.1 Å². The SMILES string of the molecule is CCOC(=O)N1CCN(c2ccnc(C#N)c2)CC1. The fourth-order valence-corrected chi connectivity index (χ4v) is 2.04. The minimum absolute atomic E-state index is 0.255. The Hall–Kier alpha value is -2.29. The van der Waals surface area contributed by atoms with Crippen molar-refractivity contribution in [1.82, 2.24) is 9.88 Å². The summed E-state index contributed by atoms with van der Waals surface area (Å²) in [6.07, 6.45) is 1.38. The number of anilines is 1. The van der Waals surface area contributed by atoms with Gasteiger partial charge < -0.3 is 14.5 Å².